The van der Waals surface area contributed by atoms with E-state index < -0.39 is 0 Å². The van der Waals surface area contributed by atoms with Crippen molar-refractivity contribution >= 4 is 17.3 Å². The quantitative estimate of drug-likeness (QED) is 0.685. The van der Waals surface area contributed by atoms with Crippen LogP contribution in [0.5, 0.6) is 0 Å². The van der Waals surface area contributed by atoms with Gasteiger partial charge in [0.25, 0.3) is 0 Å². The van der Waals surface area contributed by atoms with E-state index in [4.69, 9.17) is 4.74 Å². The second kappa shape index (κ2) is 3.97. The van der Waals surface area contributed by atoms with Crippen LogP contribution in [0.4, 0.5) is 0 Å². The molecule has 0 bridgehead atoms. The average Bonchev–Trinajstić information content (AvgIpc) is 2.60. The van der Waals surface area contributed by atoms with E-state index in [9.17, 15) is 4.79 Å². The summed E-state index contributed by atoms with van der Waals surface area (Å²) < 4.78 is 4.80. The Labute approximate surface area is 94.3 Å². The highest BCUT2D eigenvalue weighted by atomic mass is 32.1. The number of rotatable bonds is 1. The fraction of sp³-hybridized carbons (Fsp3) is 0.583. The van der Waals surface area contributed by atoms with Crippen molar-refractivity contribution in [3.8, 4) is 0 Å². The fourth-order valence-corrected chi connectivity index (χ4v) is 3.80. The van der Waals surface area contributed by atoms with Crippen molar-refractivity contribution in [2.24, 2.45) is 5.92 Å². The second-order valence-corrected chi connectivity index (χ2v) is 5.39. The van der Waals surface area contributed by atoms with Crippen molar-refractivity contribution in [2.45, 2.75) is 32.6 Å². The monoisotopic (exact) mass is 224 g/mol. The zero-order chi connectivity index (χ0) is 11.0. The number of thiophene rings is 1. The van der Waals surface area contributed by atoms with Gasteiger partial charge < -0.3 is 4.74 Å². The third-order valence-electron chi connectivity index (χ3n) is 3.10. The first-order valence-electron chi connectivity index (χ1n) is 5.32. The minimum absolute atomic E-state index is 0.186. The molecular formula is C12H16O2S. The lowest BCUT2D eigenvalue weighted by molar-refractivity contribution is 0.0599. The molecule has 2 nitrogen and oxygen atoms in total. The summed E-state index contributed by atoms with van der Waals surface area (Å²) in [5.41, 5.74) is 2.03. The summed E-state index contributed by atoms with van der Waals surface area (Å²) in [6.07, 6.45) is 2.29. The Bertz CT molecular complexity index is 381. The molecule has 1 aromatic heterocycles. The molecule has 1 aliphatic rings. The van der Waals surface area contributed by atoms with E-state index in [1.54, 1.807) is 11.3 Å². The average molecular weight is 224 g/mol. The molecule has 0 saturated heterocycles. The first-order valence-corrected chi connectivity index (χ1v) is 6.20. The van der Waals surface area contributed by atoms with Crippen LogP contribution >= 0.6 is 11.3 Å². The summed E-state index contributed by atoms with van der Waals surface area (Å²) in [5, 5.41) is 1.95. The molecule has 15 heavy (non-hydrogen) atoms. The van der Waals surface area contributed by atoms with Crippen LogP contribution in [-0.4, -0.2) is 13.1 Å². The zero-order valence-corrected chi connectivity index (χ0v) is 10.2. The molecule has 0 N–H and O–H groups in total. The predicted octanol–water partition coefficient (Wildman–Crippen LogP) is 3.22. The molecule has 1 aliphatic carbocycles. The van der Waals surface area contributed by atoms with Gasteiger partial charge in [-0.25, -0.2) is 4.79 Å². The van der Waals surface area contributed by atoms with Gasteiger partial charge >= 0.3 is 5.97 Å². The van der Waals surface area contributed by atoms with E-state index in [1.165, 1.54) is 24.0 Å². The van der Waals surface area contributed by atoms with E-state index in [2.05, 4.69) is 13.8 Å². The van der Waals surface area contributed by atoms with E-state index >= 15 is 0 Å². The highest BCUT2D eigenvalue weighted by Crippen LogP contribution is 2.40. The van der Waals surface area contributed by atoms with E-state index in [-0.39, 0.29) is 5.97 Å². The molecule has 0 amide bonds. The van der Waals surface area contributed by atoms with Gasteiger partial charge in [-0.3, -0.25) is 0 Å². The normalized spacial score (nSPS) is 24.7. The maximum Gasteiger partial charge on any atom is 0.338 e. The fourth-order valence-electron chi connectivity index (χ4n) is 2.49. The molecule has 1 heterocycles. The van der Waals surface area contributed by atoms with E-state index in [0.717, 1.165) is 17.9 Å². The Hall–Kier alpha value is -0.830. The number of carbonyl (C=O) groups excluding carboxylic acids is 1. The maximum absolute atomic E-state index is 11.6. The highest BCUT2D eigenvalue weighted by Gasteiger charge is 2.28. The number of carbonyl (C=O) groups is 1. The van der Waals surface area contributed by atoms with E-state index in [0.29, 0.717) is 5.92 Å². The number of hydrogen-bond acceptors (Lipinski definition) is 3. The first-order chi connectivity index (χ1) is 7.13. The highest BCUT2D eigenvalue weighted by molar-refractivity contribution is 7.10. The zero-order valence-electron chi connectivity index (χ0n) is 9.37. The first kappa shape index (κ1) is 10.7. The topological polar surface area (TPSA) is 26.3 Å². The van der Waals surface area contributed by atoms with Gasteiger partial charge in [0.15, 0.2) is 0 Å². The van der Waals surface area contributed by atoms with Crippen molar-refractivity contribution in [1.29, 1.82) is 0 Å². The molecule has 2 unspecified atom stereocenters. The number of methoxy groups -OCH3 is 1. The maximum atomic E-state index is 11.6. The van der Waals surface area contributed by atoms with Crippen molar-refractivity contribution < 1.29 is 9.53 Å². The van der Waals surface area contributed by atoms with Gasteiger partial charge in [0.05, 0.1) is 12.7 Å². The van der Waals surface area contributed by atoms with Crippen LogP contribution in [0.3, 0.4) is 0 Å². The lowest BCUT2D eigenvalue weighted by atomic mass is 9.81. The largest absolute Gasteiger partial charge is 0.465 e. The van der Waals surface area contributed by atoms with Crippen LogP contribution in [0.1, 0.15) is 47.0 Å². The van der Waals surface area contributed by atoms with E-state index in [1.807, 2.05) is 5.38 Å². The van der Waals surface area contributed by atoms with Crippen molar-refractivity contribution in [1.82, 2.24) is 0 Å². The van der Waals surface area contributed by atoms with Crippen LogP contribution in [0.25, 0.3) is 0 Å². The molecular weight excluding hydrogens is 208 g/mol. The number of esters is 1. The second-order valence-electron chi connectivity index (χ2n) is 4.42. The summed E-state index contributed by atoms with van der Waals surface area (Å²) in [6.45, 7) is 4.48. The summed E-state index contributed by atoms with van der Waals surface area (Å²) in [6, 6.07) is 0. The molecule has 2 rings (SSSR count). The predicted molar refractivity (Wildman–Crippen MR) is 61.6 cm³/mol. The number of hydrogen-bond donors (Lipinski definition) is 0. The molecule has 0 aromatic carbocycles. The Balaban J connectivity index is 2.41. The van der Waals surface area contributed by atoms with Gasteiger partial charge in [-0.1, -0.05) is 13.8 Å². The molecule has 2 atom stereocenters. The Kier molecular flexibility index (Phi) is 2.83. The molecule has 0 fully saturated rings. The van der Waals surface area contributed by atoms with Crippen molar-refractivity contribution in [3.05, 3.63) is 21.4 Å². The minimum Gasteiger partial charge on any atom is -0.465 e. The smallest absolute Gasteiger partial charge is 0.338 e. The number of ether oxygens (including phenoxy) is 1. The standard InChI is InChI=1S/C12H16O2S/c1-7-4-8(2)11-9(12(13)14-3)6-15-10(11)5-7/h6-8H,4-5H2,1-3H3. The lowest BCUT2D eigenvalue weighted by Gasteiger charge is -2.25. The van der Waals surface area contributed by atoms with Crippen molar-refractivity contribution in [3.63, 3.8) is 0 Å². The summed E-state index contributed by atoms with van der Waals surface area (Å²) in [7, 11) is 1.45. The van der Waals surface area contributed by atoms with Crippen LogP contribution in [0.2, 0.25) is 0 Å². The Morgan fingerprint density at radius 3 is 2.93 bits per heavy atom. The molecule has 1 aromatic rings. The SMILES string of the molecule is COC(=O)c1csc2c1C(C)CC(C)C2. The number of fused-ring (bicyclic) bond motifs is 1. The van der Waals surface area contributed by atoms with Crippen LogP contribution < -0.4 is 0 Å². The van der Waals surface area contributed by atoms with Crippen LogP contribution in [0.15, 0.2) is 5.38 Å². The molecule has 0 spiro atoms. The molecule has 0 saturated carbocycles. The van der Waals surface area contributed by atoms with Gasteiger partial charge in [-0.2, -0.15) is 0 Å². The third-order valence-corrected chi connectivity index (χ3v) is 4.12. The summed E-state index contributed by atoms with van der Waals surface area (Å²) in [4.78, 5) is 12.9. The minimum atomic E-state index is -0.186. The molecule has 0 radical (unpaired) electrons. The molecule has 82 valence electrons. The van der Waals surface area contributed by atoms with Gasteiger partial charge in [-0.05, 0) is 30.2 Å². The summed E-state index contributed by atoms with van der Waals surface area (Å²) >= 11 is 1.70. The van der Waals surface area contributed by atoms with Crippen LogP contribution in [0, 0.1) is 5.92 Å². The van der Waals surface area contributed by atoms with Gasteiger partial charge in [0, 0.05) is 10.3 Å². The molecule has 3 heteroatoms. The van der Waals surface area contributed by atoms with Gasteiger partial charge in [0.1, 0.15) is 0 Å². The Morgan fingerprint density at radius 2 is 2.27 bits per heavy atom. The van der Waals surface area contributed by atoms with Gasteiger partial charge in [0.2, 0.25) is 0 Å². The Morgan fingerprint density at radius 1 is 1.53 bits per heavy atom. The van der Waals surface area contributed by atoms with Gasteiger partial charge in [-0.15, -0.1) is 11.3 Å². The molecule has 0 aliphatic heterocycles. The third kappa shape index (κ3) is 1.81. The lowest BCUT2D eigenvalue weighted by Crippen LogP contribution is -2.15. The van der Waals surface area contributed by atoms with Crippen LogP contribution in [-0.2, 0) is 11.2 Å². The van der Waals surface area contributed by atoms with Crippen molar-refractivity contribution in [2.75, 3.05) is 7.11 Å². The summed E-state index contributed by atoms with van der Waals surface area (Å²) in [5.74, 6) is 1.04.